The lowest BCUT2D eigenvalue weighted by molar-refractivity contribution is 0.103. The number of ketones is 1. The summed E-state index contributed by atoms with van der Waals surface area (Å²) < 4.78 is 22.0. The number of hydrogen-bond acceptors (Lipinski definition) is 6. The van der Waals surface area contributed by atoms with Crippen LogP contribution in [-0.2, 0) is 0 Å². The van der Waals surface area contributed by atoms with Crippen LogP contribution < -0.4 is 24.7 Å². The van der Waals surface area contributed by atoms with Crippen molar-refractivity contribution < 1.29 is 23.7 Å². The minimum atomic E-state index is -0.0721. The summed E-state index contributed by atoms with van der Waals surface area (Å²) in [5.74, 6) is 2.33. The zero-order valence-electron chi connectivity index (χ0n) is 16.4. The number of ether oxygens (including phenoxy) is 4. The molecule has 0 aliphatic carbocycles. The van der Waals surface area contributed by atoms with Gasteiger partial charge >= 0.3 is 0 Å². The number of carbonyl (C=O) groups is 1. The molecule has 2 aromatic rings. The van der Waals surface area contributed by atoms with E-state index in [1.807, 2.05) is 19.1 Å². The molecule has 6 heteroatoms. The molecule has 0 radical (unpaired) electrons. The van der Waals surface area contributed by atoms with E-state index in [2.05, 4.69) is 0 Å². The van der Waals surface area contributed by atoms with Gasteiger partial charge in [0.2, 0.25) is 0 Å². The lowest BCUT2D eigenvalue weighted by atomic mass is 9.96. The van der Waals surface area contributed by atoms with Crippen molar-refractivity contribution in [3.05, 3.63) is 47.0 Å². The van der Waals surface area contributed by atoms with Crippen molar-refractivity contribution in [3.8, 4) is 23.0 Å². The van der Waals surface area contributed by atoms with Crippen molar-refractivity contribution in [1.82, 2.24) is 0 Å². The van der Waals surface area contributed by atoms with Gasteiger partial charge in [-0.25, -0.2) is 0 Å². The van der Waals surface area contributed by atoms with Gasteiger partial charge in [0, 0.05) is 22.8 Å². The van der Waals surface area contributed by atoms with Crippen LogP contribution in [0.5, 0.6) is 23.0 Å². The minimum Gasteiger partial charge on any atom is -0.496 e. The first kappa shape index (κ1) is 19.6. The molecule has 0 atom stereocenters. The van der Waals surface area contributed by atoms with E-state index in [1.54, 1.807) is 31.4 Å². The SMILES string of the molecule is CCC/C(=C\c1cc2c(cc1OC)OCCO2)C(=O)c1ccc(N)c(OC)c1. The summed E-state index contributed by atoms with van der Waals surface area (Å²) in [6.45, 7) is 3.03. The van der Waals surface area contributed by atoms with E-state index in [4.69, 9.17) is 24.7 Å². The van der Waals surface area contributed by atoms with E-state index >= 15 is 0 Å². The molecular formula is C22H25NO5. The predicted octanol–water partition coefficient (Wildman–Crippen LogP) is 4.12. The topological polar surface area (TPSA) is 80.0 Å². The maximum Gasteiger partial charge on any atom is 0.189 e. The molecular weight excluding hydrogens is 358 g/mol. The smallest absolute Gasteiger partial charge is 0.189 e. The van der Waals surface area contributed by atoms with E-state index in [-0.39, 0.29) is 5.78 Å². The molecule has 3 rings (SSSR count). The molecule has 0 amide bonds. The van der Waals surface area contributed by atoms with Crippen LogP contribution in [0.1, 0.15) is 35.7 Å². The van der Waals surface area contributed by atoms with E-state index in [0.29, 0.717) is 59.5 Å². The Morgan fingerprint density at radius 3 is 2.39 bits per heavy atom. The quantitative estimate of drug-likeness (QED) is 0.440. The third-order valence-corrected chi connectivity index (χ3v) is 4.53. The third-order valence-electron chi connectivity index (χ3n) is 4.53. The highest BCUT2D eigenvalue weighted by Gasteiger charge is 2.18. The Morgan fingerprint density at radius 1 is 1.07 bits per heavy atom. The van der Waals surface area contributed by atoms with Crippen LogP contribution in [-0.4, -0.2) is 33.2 Å². The summed E-state index contributed by atoms with van der Waals surface area (Å²) in [5, 5.41) is 0. The molecule has 0 saturated carbocycles. The van der Waals surface area contributed by atoms with Crippen LogP contribution in [0.25, 0.3) is 6.08 Å². The summed E-state index contributed by atoms with van der Waals surface area (Å²) in [7, 11) is 3.12. The molecule has 0 bridgehead atoms. The van der Waals surface area contributed by atoms with E-state index in [9.17, 15) is 4.79 Å². The number of benzene rings is 2. The van der Waals surface area contributed by atoms with Gasteiger partial charge in [-0.3, -0.25) is 4.79 Å². The minimum absolute atomic E-state index is 0.0721. The highest BCUT2D eigenvalue weighted by atomic mass is 16.6. The standard InChI is InChI=1S/C22H25NO5/c1-4-5-14(22(24)15-6-7-17(23)19(11-15)26-3)10-16-12-20-21(13-18(16)25-2)28-9-8-27-20/h6-7,10-13H,4-5,8-9,23H2,1-3H3/b14-10+. The Balaban J connectivity index is 2.02. The molecule has 0 saturated heterocycles. The number of fused-ring (bicyclic) bond motifs is 1. The van der Waals surface area contributed by atoms with Crippen LogP contribution in [0, 0.1) is 0 Å². The zero-order valence-corrected chi connectivity index (χ0v) is 16.4. The number of carbonyl (C=O) groups excluding carboxylic acids is 1. The molecule has 2 N–H and O–H groups in total. The first-order chi connectivity index (χ1) is 13.6. The molecule has 28 heavy (non-hydrogen) atoms. The Labute approximate surface area is 164 Å². The monoisotopic (exact) mass is 383 g/mol. The molecule has 2 aromatic carbocycles. The molecule has 0 spiro atoms. The normalized spacial score (nSPS) is 13.2. The van der Waals surface area contributed by atoms with Crippen molar-refractivity contribution in [3.63, 3.8) is 0 Å². The largest absolute Gasteiger partial charge is 0.496 e. The Kier molecular flexibility index (Phi) is 6.09. The van der Waals surface area contributed by atoms with Gasteiger partial charge in [0.1, 0.15) is 24.7 Å². The van der Waals surface area contributed by atoms with Crippen molar-refractivity contribution in [1.29, 1.82) is 0 Å². The van der Waals surface area contributed by atoms with Crippen LogP contribution in [0.2, 0.25) is 0 Å². The zero-order chi connectivity index (χ0) is 20.1. The number of nitrogens with two attached hydrogens (primary N) is 1. The van der Waals surface area contributed by atoms with Crippen LogP contribution in [0.15, 0.2) is 35.9 Å². The first-order valence-electron chi connectivity index (χ1n) is 9.23. The number of Topliss-reactive ketones (excluding diaryl/α,β-unsaturated/α-hetero) is 1. The van der Waals surface area contributed by atoms with Gasteiger partial charge in [-0.15, -0.1) is 0 Å². The van der Waals surface area contributed by atoms with E-state index in [1.165, 1.54) is 7.11 Å². The second-order valence-corrected chi connectivity index (χ2v) is 6.44. The Bertz CT molecular complexity index is 904. The van der Waals surface area contributed by atoms with E-state index < -0.39 is 0 Å². The highest BCUT2D eigenvalue weighted by molar-refractivity contribution is 6.11. The summed E-state index contributed by atoms with van der Waals surface area (Å²) in [4.78, 5) is 13.1. The maximum atomic E-state index is 13.1. The fourth-order valence-electron chi connectivity index (χ4n) is 3.12. The number of allylic oxidation sites excluding steroid dienone is 1. The van der Waals surface area contributed by atoms with Crippen molar-refractivity contribution in [2.75, 3.05) is 33.2 Å². The maximum absolute atomic E-state index is 13.1. The van der Waals surface area contributed by atoms with Gasteiger partial charge in [0.15, 0.2) is 17.3 Å². The number of nitrogen functional groups attached to an aromatic ring is 1. The molecule has 0 aromatic heterocycles. The fraction of sp³-hybridized carbons (Fsp3) is 0.318. The van der Waals surface area contributed by atoms with Gasteiger partial charge in [0.25, 0.3) is 0 Å². The summed E-state index contributed by atoms with van der Waals surface area (Å²) in [6, 6.07) is 8.70. The summed E-state index contributed by atoms with van der Waals surface area (Å²) in [5.41, 5.74) is 8.33. The average molecular weight is 383 g/mol. The molecule has 1 heterocycles. The summed E-state index contributed by atoms with van der Waals surface area (Å²) >= 11 is 0. The molecule has 1 aliphatic heterocycles. The second kappa shape index (κ2) is 8.69. The molecule has 0 unspecified atom stereocenters. The molecule has 0 fully saturated rings. The second-order valence-electron chi connectivity index (χ2n) is 6.44. The van der Waals surface area contributed by atoms with Crippen LogP contribution in [0.3, 0.4) is 0 Å². The van der Waals surface area contributed by atoms with Gasteiger partial charge in [-0.2, -0.15) is 0 Å². The number of anilines is 1. The number of methoxy groups -OCH3 is 2. The first-order valence-corrected chi connectivity index (χ1v) is 9.23. The number of hydrogen-bond donors (Lipinski definition) is 1. The van der Waals surface area contributed by atoms with Gasteiger partial charge in [-0.1, -0.05) is 13.3 Å². The average Bonchev–Trinajstić information content (AvgIpc) is 2.72. The molecule has 1 aliphatic rings. The highest BCUT2D eigenvalue weighted by Crippen LogP contribution is 2.38. The third kappa shape index (κ3) is 4.06. The van der Waals surface area contributed by atoms with Crippen molar-refractivity contribution in [2.24, 2.45) is 0 Å². The van der Waals surface area contributed by atoms with Crippen LogP contribution in [0.4, 0.5) is 5.69 Å². The predicted molar refractivity (Wildman–Crippen MR) is 109 cm³/mol. The molecule has 6 nitrogen and oxygen atoms in total. The lowest BCUT2D eigenvalue weighted by Gasteiger charge is -2.20. The Hall–Kier alpha value is -3.15. The fourth-order valence-corrected chi connectivity index (χ4v) is 3.12. The van der Waals surface area contributed by atoms with E-state index in [0.717, 1.165) is 12.0 Å². The Morgan fingerprint density at radius 2 is 1.75 bits per heavy atom. The lowest BCUT2D eigenvalue weighted by Crippen LogP contribution is -2.15. The van der Waals surface area contributed by atoms with Gasteiger partial charge in [-0.05, 0) is 36.8 Å². The van der Waals surface area contributed by atoms with Crippen molar-refractivity contribution >= 4 is 17.5 Å². The number of rotatable bonds is 7. The van der Waals surface area contributed by atoms with Crippen LogP contribution >= 0.6 is 0 Å². The molecule has 148 valence electrons. The van der Waals surface area contributed by atoms with Gasteiger partial charge < -0.3 is 24.7 Å². The van der Waals surface area contributed by atoms with Gasteiger partial charge in [0.05, 0.1) is 19.9 Å². The van der Waals surface area contributed by atoms with Crippen molar-refractivity contribution in [2.45, 2.75) is 19.8 Å². The summed E-state index contributed by atoms with van der Waals surface area (Å²) in [6.07, 6.45) is 3.31.